The molecule has 4 rings (SSSR count). The molecule has 2 saturated heterocycles. The summed E-state index contributed by atoms with van der Waals surface area (Å²) in [4.78, 5) is 23.4. The van der Waals surface area contributed by atoms with Crippen LogP contribution in [0.4, 0.5) is 4.39 Å². The van der Waals surface area contributed by atoms with E-state index in [-0.39, 0.29) is 29.9 Å². The van der Waals surface area contributed by atoms with E-state index in [1.54, 1.807) is 0 Å². The number of carbonyl (C=O) groups excluding carboxylic acids is 1. The van der Waals surface area contributed by atoms with Crippen molar-refractivity contribution >= 4 is 23.5 Å². The second-order valence-electron chi connectivity index (χ2n) is 6.28. The summed E-state index contributed by atoms with van der Waals surface area (Å²) in [6.45, 7) is -0.104. The lowest BCUT2D eigenvalue weighted by Gasteiger charge is -2.51. The third kappa shape index (κ3) is 3.18. The first-order valence-electron chi connectivity index (χ1n) is 7.60. The molecule has 1 aromatic carbocycles. The van der Waals surface area contributed by atoms with Gasteiger partial charge in [0.2, 0.25) is 0 Å². The molecule has 0 unspecified atom stereocenters. The summed E-state index contributed by atoms with van der Waals surface area (Å²) in [7, 11) is 0. The Morgan fingerprint density at radius 2 is 2.04 bits per heavy atom. The normalized spacial score (nSPS) is 28.4. The maximum Gasteiger partial charge on any atom is 0.335 e. The largest absolute Gasteiger partial charge is 0.484 e. The number of hydrogen-bond acceptors (Lipinski definition) is 4. The molecule has 1 saturated carbocycles. The summed E-state index contributed by atoms with van der Waals surface area (Å²) < 4.78 is 24.1. The zero-order chi connectivity index (χ0) is 17.4. The molecule has 2 bridgehead atoms. The van der Waals surface area contributed by atoms with Crippen molar-refractivity contribution < 1.29 is 28.6 Å². The number of carbonyl (C=O) groups is 2. The molecule has 2 aliphatic heterocycles. The average molecular weight is 358 g/mol. The van der Waals surface area contributed by atoms with Crippen LogP contribution < -0.4 is 10.1 Å². The molecule has 24 heavy (non-hydrogen) atoms. The van der Waals surface area contributed by atoms with E-state index in [0.717, 1.165) is 6.07 Å². The number of carboxylic acids is 1. The van der Waals surface area contributed by atoms with E-state index in [9.17, 15) is 19.1 Å². The second-order valence-corrected chi connectivity index (χ2v) is 6.69. The Hall–Kier alpha value is -1.86. The lowest BCUT2D eigenvalue weighted by atomic mass is 9.71. The topological polar surface area (TPSA) is 84.9 Å². The standard InChI is InChI=1S/C16H17ClFNO5/c17-11-2-1-10(7-12(11)18)23-8-13(20)19-15-3-5-16(6-4-15,14(21)22)24-9-15/h1-2,7H,3-6,8-9H2,(H,19,20)(H,21,22). The zero-order valence-electron chi connectivity index (χ0n) is 12.8. The summed E-state index contributed by atoms with van der Waals surface area (Å²) >= 11 is 5.58. The molecule has 1 aliphatic carbocycles. The van der Waals surface area contributed by atoms with Crippen molar-refractivity contribution in [1.82, 2.24) is 5.32 Å². The summed E-state index contributed by atoms with van der Waals surface area (Å²) in [6, 6.07) is 3.94. The van der Waals surface area contributed by atoms with E-state index in [4.69, 9.17) is 21.1 Å². The summed E-state index contributed by atoms with van der Waals surface area (Å²) in [5.74, 6) is -1.72. The molecule has 2 N–H and O–H groups in total. The van der Waals surface area contributed by atoms with E-state index < -0.39 is 22.9 Å². The molecule has 130 valence electrons. The number of fused-ring (bicyclic) bond motifs is 3. The Labute approximate surface area is 142 Å². The van der Waals surface area contributed by atoms with Gasteiger partial charge < -0.3 is 19.9 Å². The molecule has 1 amide bonds. The van der Waals surface area contributed by atoms with E-state index in [1.807, 2.05) is 0 Å². The number of hydrogen-bond donors (Lipinski definition) is 2. The highest BCUT2D eigenvalue weighted by Gasteiger charge is 2.54. The number of benzene rings is 1. The molecule has 8 heteroatoms. The molecule has 6 nitrogen and oxygen atoms in total. The van der Waals surface area contributed by atoms with Gasteiger partial charge in [0.25, 0.3) is 5.91 Å². The van der Waals surface area contributed by atoms with Crippen LogP contribution in [0.1, 0.15) is 25.7 Å². The van der Waals surface area contributed by atoms with Crippen molar-refractivity contribution in [3.8, 4) is 5.75 Å². The van der Waals surface area contributed by atoms with Crippen molar-refractivity contribution in [2.45, 2.75) is 36.8 Å². The van der Waals surface area contributed by atoms with Gasteiger partial charge in [-0.05, 0) is 37.8 Å². The van der Waals surface area contributed by atoms with Gasteiger partial charge in [-0.3, -0.25) is 4.79 Å². The van der Waals surface area contributed by atoms with Gasteiger partial charge in [0.05, 0.1) is 17.2 Å². The SMILES string of the molecule is O=C(COc1ccc(Cl)c(F)c1)NC12CCC(C(=O)O)(CC1)OC2. The molecule has 0 spiro atoms. The van der Waals surface area contributed by atoms with Crippen molar-refractivity contribution in [1.29, 1.82) is 0 Å². The van der Waals surface area contributed by atoms with Gasteiger partial charge >= 0.3 is 5.97 Å². The maximum atomic E-state index is 13.3. The number of carboxylic acid groups (broad SMARTS) is 1. The predicted octanol–water partition coefficient (Wildman–Crippen LogP) is 2.14. The van der Waals surface area contributed by atoms with Crippen LogP contribution in [0.5, 0.6) is 5.75 Å². The van der Waals surface area contributed by atoms with Gasteiger partial charge in [0.1, 0.15) is 11.6 Å². The Balaban J connectivity index is 1.54. The Bertz CT molecular complexity index is 656. The molecule has 3 aliphatic rings. The number of aliphatic carboxylic acids is 1. The third-order valence-corrected chi connectivity index (χ3v) is 5.00. The fraction of sp³-hybridized carbons (Fsp3) is 0.500. The minimum Gasteiger partial charge on any atom is -0.484 e. The number of halogens is 2. The third-order valence-electron chi connectivity index (χ3n) is 4.69. The van der Waals surface area contributed by atoms with Gasteiger partial charge in [0.15, 0.2) is 12.2 Å². The average Bonchev–Trinajstić information content (AvgIpc) is 2.57. The molecule has 0 radical (unpaired) electrons. The Morgan fingerprint density at radius 3 is 2.58 bits per heavy atom. The molecular weight excluding hydrogens is 341 g/mol. The van der Waals surface area contributed by atoms with Gasteiger partial charge in [-0.25, -0.2) is 9.18 Å². The van der Waals surface area contributed by atoms with E-state index in [1.165, 1.54) is 12.1 Å². The fourth-order valence-electron chi connectivity index (χ4n) is 3.18. The Kier molecular flexibility index (Phi) is 4.40. The van der Waals surface area contributed by atoms with Crippen LogP contribution in [0.15, 0.2) is 18.2 Å². The van der Waals surface area contributed by atoms with E-state index >= 15 is 0 Å². The van der Waals surface area contributed by atoms with Crippen molar-refractivity contribution in [3.63, 3.8) is 0 Å². The highest BCUT2D eigenvalue weighted by molar-refractivity contribution is 6.30. The van der Waals surface area contributed by atoms with Crippen LogP contribution in [0.25, 0.3) is 0 Å². The lowest BCUT2D eigenvalue weighted by Crippen LogP contribution is -2.65. The summed E-state index contributed by atoms with van der Waals surface area (Å²) in [6.07, 6.45) is 1.82. The summed E-state index contributed by atoms with van der Waals surface area (Å²) in [5, 5.41) is 12.1. The lowest BCUT2D eigenvalue weighted by molar-refractivity contribution is -0.197. The highest BCUT2D eigenvalue weighted by atomic mass is 35.5. The van der Waals surface area contributed by atoms with Crippen LogP contribution in [-0.2, 0) is 14.3 Å². The van der Waals surface area contributed by atoms with Gasteiger partial charge in [0, 0.05) is 6.07 Å². The molecule has 2 heterocycles. The van der Waals surface area contributed by atoms with Crippen LogP contribution in [-0.4, -0.2) is 41.3 Å². The van der Waals surface area contributed by atoms with Crippen LogP contribution in [0, 0.1) is 5.82 Å². The van der Waals surface area contributed by atoms with E-state index in [2.05, 4.69) is 5.32 Å². The monoisotopic (exact) mass is 357 g/mol. The quantitative estimate of drug-likeness (QED) is 0.843. The van der Waals surface area contributed by atoms with Gasteiger partial charge in [-0.15, -0.1) is 0 Å². The summed E-state index contributed by atoms with van der Waals surface area (Å²) in [5.41, 5.74) is -1.66. The fourth-order valence-corrected chi connectivity index (χ4v) is 3.30. The molecule has 3 fully saturated rings. The minimum absolute atomic E-state index is 0.0193. The molecule has 0 atom stereocenters. The first-order valence-corrected chi connectivity index (χ1v) is 7.98. The first kappa shape index (κ1) is 17.0. The first-order chi connectivity index (χ1) is 11.3. The van der Waals surface area contributed by atoms with Crippen LogP contribution in [0.2, 0.25) is 5.02 Å². The van der Waals surface area contributed by atoms with Crippen LogP contribution >= 0.6 is 11.6 Å². The number of rotatable bonds is 5. The molecule has 0 aromatic heterocycles. The van der Waals surface area contributed by atoms with E-state index in [0.29, 0.717) is 25.7 Å². The van der Waals surface area contributed by atoms with Gasteiger partial charge in [-0.2, -0.15) is 0 Å². The van der Waals surface area contributed by atoms with Crippen molar-refractivity contribution in [2.75, 3.05) is 13.2 Å². The van der Waals surface area contributed by atoms with Crippen molar-refractivity contribution in [3.05, 3.63) is 29.0 Å². The van der Waals surface area contributed by atoms with Crippen LogP contribution in [0.3, 0.4) is 0 Å². The predicted molar refractivity (Wildman–Crippen MR) is 82.6 cm³/mol. The smallest absolute Gasteiger partial charge is 0.335 e. The Morgan fingerprint density at radius 1 is 1.33 bits per heavy atom. The zero-order valence-corrected chi connectivity index (χ0v) is 13.6. The van der Waals surface area contributed by atoms with Crippen molar-refractivity contribution in [2.24, 2.45) is 0 Å². The number of nitrogens with one attached hydrogen (secondary N) is 1. The number of amides is 1. The number of ether oxygens (including phenoxy) is 2. The second kappa shape index (κ2) is 6.22. The minimum atomic E-state index is -1.11. The maximum absolute atomic E-state index is 13.3. The van der Waals surface area contributed by atoms with Gasteiger partial charge in [-0.1, -0.05) is 11.6 Å². The molecule has 1 aromatic rings. The molecular formula is C16H17ClFNO5. The highest BCUT2D eigenvalue weighted by Crippen LogP contribution is 2.43.